The average molecular weight is 286 g/mol. The summed E-state index contributed by atoms with van der Waals surface area (Å²) < 4.78 is 28.5. The fourth-order valence-corrected chi connectivity index (χ4v) is 3.67. The zero-order valence-electron chi connectivity index (χ0n) is 9.83. The molecule has 2 heterocycles. The minimum absolute atomic E-state index is 0.257. The lowest BCUT2D eigenvalue weighted by molar-refractivity contribution is 0.603. The Balaban J connectivity index is 2.21. The highest BCUT2D eigenvalue weighted by Crippen LogP contribution is 2.23. The number of hydrogen-bond donors (Lipinski definition) is 2. The molecule has 18 heavy (non-hydrogen) atoms. The van der Waals surface area contributed by atoms with Gasteiger partial charge in [0.1, 0.15) is 4.21 Å². The van der Waals surface area contributed by atoms with E-state index in [9.17, 15) is 8.42 Å². The standard InChI is InChI=1S/C10H14N4O2S2/c1-2-14-7-8(6-12-14)13-18(15,16)10-4-3-9(5-11)17-10/h3-4,6-7,13H,2,5,11H2,1H3. The third kappa shape index (κ3) is 2.71. The number of thiophene rings is 1. The Morgan fingerprint density at radius 3 is 2.83 bits per heavy atom. The Morgan fingerprint density at radius 1 is 1.50 bits per heavy atom. The molecule has 0 aliphatic heterocycles. The second-order valence-electron chi connectivity index (χ2n) is 3.62. The molecule has 2 aromatic rings. The van der Waals surface area contributed by atoms with Gasteiger partial charge in [-0.25, -0.2) is 8.42 Å². The second-order valence-corrected chi connectivity index (χ2v) is 6.69. The van der Waals surface area contributed by atoms with Crippen LogP contribution in [0.5, 0.6) is 0 Å². The molecule has 6 nitrogen and oxygen atoms in total. The molecule has 0 spiro atoms. The molecule has 0 aliphatic rings. The van der Waals surface area contributed by atoms with Crippen LogP contribution in [0.25, 0.3) is 0 Å². The minimum atomic E-state index is -3.54. The van der Waals surface area contributed by atoms with Crippen molar-refractivity contribution < 1.29 is 8.42 Å². The summed E-state index contributed by atoms with van der Waals surface area (Å²) in [4.78, 5) is 0.833. The van der Waals surface area contributed by atoms with Gasteiger partial charge in [0.2, 0.25) is 0 Å². The lowest BCUT2D eigenvalue weighted by atomic mass is 10.5. The Hall–Kier alpha value is -1.38. The first-order chi connectivity index (χ1) is 8.55. The van der Waals surface area contributed by atoms with E-state index in [1.54, 1.807) is 23.0 Å². The fourth-order valence-electron chi connectivity index (χ4n) is 1.41. The summed E-state index contributed by atoms with van der Waals surface area (Å²) in [6.45, 7) is 2.96. The van der Waals surface area contributed by atoms with Crippen molar-refractivity contribution in [1.29, 1.82) is 0 Å². The number of nitrogens with two attached hydrogens (primary N) is 1. The summed E-state index contributed by atoms with van der Waals surface area (Å²) in [5.74, 6) is 0. The first kappa shape index (κ1) is 13.1. The van der Waals surface area contributed by atoms with Crippen molar-refractivity contribution in [2.75, 3.05) is 4.72 Å². The van der Waals surface area contributed by atoms with E-state index >= 15 is 0 Å². The Bertz CT molecular complexity index is 630. The van der Waals surface area contributed by atoms with Crippen molar-refractivity contribution in [3.8, 4) is 0 Å². The van der Waals surface area contributed by atoms with Crippen LogP contribution in [0.3, 0.4) is 0 Å². The second kappa shape index (κ2) is 5.09. The molecule has 0 amide bonds. The number of aromatic nitrogens is 2. The third-order valence-corrected chi connectivity index (χ3v) is 5.29. The predicted octanol–water partition coefficient (Wildman–Crippen LogP) is 1.22. The normalized spacial score (nSPS) is 11.7. The van der Waals surface area contributed by atoms with Gasteiger partial charge in [0.05, 0.1) is 11.9 Å². The predicted molar refractivity (Wildman–Crippen MR) is 70.9 cm³/mol. The first-order valence-electron chi connectivity index (χ1n) is 5.39. The SMILES string of the molecule is CCn1cc(NS(=O)(=O)c2ccc(CN)s2)cn1. The van der Waals surface area contributed by atoms with Gasteiger partial charge in [-0.2, -0.15) is 5.10 Å². The molecule has 0 unspecified atom stereocenters. The molecular weight excluding hydrogens is 272 g/mol. The van der Waals surface area contributed by atoms with Gasteiger partial charge < -0.3 is 5.73 Å². The van der Waals surface area contributed by atoms with Crippen LogP contribution in [-0.2, 0) is 23.1 Å². The molecule has 0 bridgehead atoms. The number of rotatable bonds is 5. The van der Waals surface area contributed by atoms with Crippen molar-refractivity contribution in [3.63, 3.8) is 0 Å². The maximum atomic E-state index is 12.0. The largest absolute Gasteiger partial charge is 0.326 e. The number of nitrogens with one attached hydrogen (secondary N) is 1. The van der Waals surface area contributed by atoms with E-state index in [1.165, 1.54) is 17.5 Å². The van der Waals surface area contributed by atoms with Crippen molar-refractivity contribution >= 4 is 27.0 Å². The van der Waals surface area contributed by atoms with Crippen molar-refractivity contribution in [2.45, 2.75) is 24.2 Å². The molecule has 8 heteroatoms. The summed E-state index contributed by atoms with van der Waals surface area (Å²) in [6.07, 6.45) is 3.13. The van der Waals surface area contributed by atoms with Crippen LogP contribution < -0.4 is 10.5 Å². The fraction of sp³-hybridized carbons (Fsp3) is 0.300. The van der Waals surface area contributed by atoms with Crippen molar-refractivity contribution in [1.82, 2.24) is 9.78 Å². The molecule has 0 atom stereocenters. The monoisotopic (exact) mass is 286 g/mol. The summed E-state index contributed by atoms with van der Waals surface area (Å²) >= 11 is 1.17. The van der Waals surface area contributed by atoms with Crippen LogP contribution in [0.1, 0.15) is 11.8 Å². The van der Waals surface area contributed by atoms with E-state index in [4.69, 9.17) is 5.73 Å². The molecule has 0 radical (unpaired) electrons. The van der Waals surface area contributed by atoms with E-state index in [-0.39, 0.29) is 4.21 Å². The van der Waals surface area contributed by atoms with E-state index in [1.807, 2.05) is 6.92 Å². The summed E-state index contributed by atoms with van der Waals surface area (Å²) in [5.41, 5.74) is 5.92. The summed E-state index contributed by atoms with van der Waals surface area (Å²) in [7, 11) is -3.54. The van der Waals surface area contributed by atoms with Crippen LogP contribution in [0, 0.1) is 0 Å². The van der Waals surface area contributed by atoms with E-state index < -0.39 is 10.0 Å². The van der Waals surface area contributed by atoms with Gasteiger partial charge >= 0.3 is 0 Å². The van der Waals surface area contributed by atoms with Crippen LogP contribution in [0.15, 0.2) is 28.7 Å². The zero-order valence-corrected chi connectivity index (χ0v) is 11.5. The first-order valence-corrected chi connectivity index (χ1v) is 7.69. The van der Waals surface area contributed by atoms with Gasteiger partial charge in [0.25, 0.3) is 10.0 Å². The molecule has 2 aromatic heterocycles. The van der Waals surface area contributed by atoms with Gasteiger partial charge in [-0.3, -0.25) is 9.40 Å². The van der Waals surface area contributed by atoms with Gasteiger partial charge in [-0.05, 0) is 19.1 Å². The lowest BCUT2D eigenvalue weighted by Crippen LogP contribution is -2.10. The highest BCUT2D eigenvalue weighted by Gasteiger charge is 2.17. The summed E-state index contributed by atoms with van der Waals surface area (Å²) in [5, 5.41) is 4.01. The zero-order chi connectivity index (χ0) is 13.2. The topological polar surface area (TPSA) is 90.0 Å². The average Bonchev–Trinajstić information content (AvgIpc) is 2.96. The van der Waals surface area contributed by atoms with Gasteiger partial charge in [-0.1, -0.05) is 0 Å². The van der Waals surface area contributed by atoms with Crippen molar-refractivity contribution in [3.05, 3.63) is 29.4 Å². The Kier molecular flexibility index (Phi) is 3.69. The van der Waals surface area contributed by atoms with Crippen LogP contribution in [-0.4, -0.2) is 18.2 Å². The highest BCUT2D eigenvalue weighted by molar-refractivity contribution is 7.94. The third-order valence-electron chi connectivity index (χ3n) is 2.31. The number of hydrogen-bond acceptors (Lipinski definition) is 5. The smallest absolute Gasteiger partial charge is 0.271 e. The molecule has 0 aliphatic carbocycles. The highest BCUT2D eigenvalue weighted by atomic mass is 32.2. The molecular formula is C10H14N4O2S2. The quantitative estimate of drug-likeness (QED) is 0.865. The number of sulfonamides is 1. The summed E-state index contributed by atoms with van der Waals surface area (Å²) in [6, 6.07) is 3.27. The number of aryl methyl sites for hydroxylation is 1. The number of anilines is 1. The van der Waals surface area contributed by atoms with E-state index in [2.05, 4.69) is 9.82 Å². The minimum Gasteiger partial charge on any atom is -0.326 e. The lowest BCUT2D eigenvalue weighted by Gasteiger charge is -2.02. The molecule has 0 fully saturated rings. The van der Waals surface area contributed by atoms with E-state index in [0.29, 0.717) is 18.8 Å². The van der Waals surface area contributed by atoms with Crippen molar-refractivity contribution in [2.24, 2.45) is 5.73 Å². The maximum absolute atomic E-state index is 12.0. The molecule has 0 saturated carbocycles. The van der Waals surface area contributed by atoms with Crippen LogP contribution >= 0.6 is 11.3 Å². The Morgan fingerprint density at radius 2 is 2.28 bits per heavy atom. The number of nitrogens with zero attached hydrogens (tertiary/aromatic N) is 2. The van der Waals surface area contributed by atoms with Gasteiger partial charge in [0, 0.05) is 24.2 Å². The van der Waals surface area contributed by atoms with Gasteiger partial charge in [-0.15, -0.1) is 11.3 Å². The molecule has 3 N–H and O–H groups in total. The van der Waals surface area contributed by atoms with Crippen LogP contribution in [0.4, 0.5) is 5.69 Å². The van der Waals surface area contributed by atoms with Gasteiger partial charge in [0.15, 0.2) is 0 Å². The maximum Gasteiger partial charge on any atom is 0.271 e. The molecule has 0 saturated heterocycles. The molecule has 0 aromatic carbocycles. The van der Waals surface area contributed by atoms with E-state index in [0.717, 1.165) is 4.88 Å². The molecule has 98 valence electrons. The van der Waals surface area contributed by atoms with Crippen LogP contribution in [0.2, 0.25) is 0 Å². The Labute approximate surface area is 109 Å². The molecule has 2 rings (SSSR count).